The number of carboxylic acid groups (broad SMARTS) is 1. The highest BCUT2D eigenvalue weighted by Crippen LogP contribution is 2.30. The van der Waals surface area contributed by atoms with Crippen molar-refractivity contribution in [1.82, 2.24) is 0 Å². The van der Waals surface area contributed by atoms with E-state index in [4.69, 9.17) is 5.11 Å². The summed E-state index contributed by atoms with van der Waals surface area (Å²) in [5.41, 5.74) is 2.62. The van der Waals surface area contributed by atoms with Crippen molar-refractivity contribution in [3.8, 4) is 0 Å². The summed E-state index contributed by atoms with van der Waals surface area (Å²) >= 11 is 0. The summed E-state index contributed by atoms with van der Waals surface area (Å²) < 4.78 is 0. The number of amides is 1. The Balaban J connectivity index is 2.25. The van der Waals surface area contributed by atoms with Gasteiger partial charge >= 0.3 is 5.97 Å². The molecule has 0 aliphatic carbocycles. The van der Waals surface area contributed by atoms with Crippen LogP contribution in [0, 0.1) is 0 Å². The molecule has 96 valence electrons. The Hall–Kier alpha value is -2.04. The molecule has 1 aliphatic rings. The lowest BCUT2D eigenvalue weighted by Gasteiger charge is -2.26. The van der Waals surface area contributed by atoms with Crippen molar-refractivity contribution in [3.63, 3.8) is 0 Å². The zero-order chi connectivity index (χ0) is 13.3. The average Bonchev–Trinajstić information content (AvgIpc) is 2.28. The van der Waals surface area contributed by atoms with Gasteiger partial charge in [-0.05, 0) is 23.6 Å². The molecule has 0 saturated carbocycles. The number of nitrogens with one attached hydrogen (secondary N) is 2. The fourth-order valence-electron chi connectivity index (χ4n) is 1.94. The first kappa shape index (κ1) is 12.4. The minimum Gasteiger partial charge on any atom is -0.481 e. The Kier molecular flexibility index (Phi) is 3.23. The maximum atomic E-state index is 11.7. The summed E-state index contributed by atoms with van der Waals surface area (Å²) in [6.45, 7) is 4.15. The van der Waals surface area contributed by atoms with Crippen molar-refractivity contribution in [2.75, 3.05) is 10.6 Å². The van der Waals surface area contributed by atoms with Gasteiger partial charge in [-0.15, -0.1) is 0 Å². The Morgan fingerprint density at radius 1 is 1.39 bits per heavy atom. The molecule has 0 saturated heterocycles. The van der Waals surface area contributed by atoms with Gasteiger partial charge in [-0.25, -0.2) is 0 Å². The van der Waals surface area contributed by atoms with Crippen LogP contribution in [0.25, 0.3) is 0 Å². The van der Waals surface area contributed by atoms with Crippen molar-refractivity contribution in [2.24, 2.45) is 0 Å². The zero-order valence-corrected chi connectivity index (χ0v) is 10.4. The molecule has 0 radical (unpaired) electrons. The van der Waals surface area contributed by atoms with Gasteiger partial charge in [0.2, 0.25) is 5.91 Å². The maximum Gasteiger partial charge on any atom is 0.305 e. The van der Waals surface area contributed by atoms with Crippen LogP contribution in [0.3, 0.4) is 0 Å². The van der Waals surface area contributed by atoms with Gasteiger partial charge in [-0.1, -0.05) is 19.9 Å². The third kappa shape index (κ3) is 2.45. The Labute approximate surface area is 105 Å². The smallest absolute Gasteiger partial charge is 0.305 e. The lowest BCUT2D eigenvalue weighted by atomic mass is 10.00. The van der Waals surface area contributed by atoms with Crippen molar-refractivity contribution < 1.29 is 14.7 Å². The molecule has 0 spiro atoms. The second-order valence-corrected chi connectivity index (χ2v) is 4.74. The predicted molar refractivity (Wildman–Crippen MR) is 68.8 cm³/mol. The van der Waals surface area contributed by atoms with Gasteiger partial charge in [-0.2, -0.15) is 0 Å². The third-order valence-corrected chi connectivity index (χ3v) is 2.99. The third-order valence-electron chi connectivity index (χ3n) is 2.99. The van der Waals surface area contributed by atoms with Gasteiger partial charge in [-0.3, -0.25) is 9.59 Å². The minimum absolute atomic E-state index is 0.225. The number of hydrogen-bond acceptors (Lipinski definition) is 3. The molecule has 1 heterocycles. The van der Waals surface area contributed by atoms with Crippen LogP contribution in [0.2, 0.25) is 0 Å². The molecule has 3 N–H and O–H groups in total. The Morgan fingerprint density at radius 2 is 2.11 bits per heavy atom. The molecular formula is C13H16N2O3. The Bertz CT molecular complexity index is 497. The van der Waals surface area contributed by atoms with Gasteiger partial charge in [0.25, 0.3) is 0 Å². The number of carboxylic acids is 1. The first-order valence-electron chi connectivity index (χ1n) is 5.90. The largest absolute Gasteiger partial charge is 0.481 e. The van der Waals surface area contributed by atoms with E-state index in [1.165, 1.54) is 0 Å². The molecule has 1 amide bonds. The van der Waals surface area contributed by atoms with Crippen molar-refractivity contribution in [3.05, 3.63) is 23.8 Å². The molecule has 5 heteroatoms. The minimum atomic E-state index is -0.995. The number of carbonyl (C=O) groups excluding carboxylic acids is 1. The molecule has 0 fully saturated rings. The van der Waals surface area contributed by atoms with E-state index in [1.54, 1.807) is 0 Å². The molecule has 0 aromatic heterocycles. The number of hydrogen-bond donors (Lipinski definition) is 3. The molecule has 1 aromatic rings. The fraction of sp³-hybridized carbons (Fsp3) is 0.385. The van der Waals surface area contributed by atoms with Crippen LogP contribution in [0.15, 0.2) is 18.2 Å². The first-order chi connectivity index (χ1) is 8.47. The zero-order valence-electron chi connectivity index (χ0n) is 10.4. The van der Waals surface area contributed by atoms with Gasteiger partial charge in [0.15, 0.2) is 0 Å². The van der Waals surface area contributed by atoms with Crippen LogP contribution in [0.1, 0.15) is 31.7 Å². The molecule has 1 atom stereocenters. The highest BCUT2D eigenvalue weighted by Gasteiger charge is 2.27. The quantitative estimate of drug-likeness (QED) is 0.764. The standard InChI is InChI=1S/C13H16N2O3/c1-7(2)8-3-4-9-10(5-8)15-13(18)11(14-9)6-12(16)17/h3-5,7,11,14H,6H2,1-2H3,(H,15,18)(H,16,17). The number of aliphatic carboxylic acids is 1. The number of rotatable bonds is 3. The molecular weight excluding hydrogens is 232 g/mol. The number of fused-ring (bicyclic) bond motifs is 1. The first-order valence-corrected chi connectivity index (χ1v) is 5.90. The molecule has 2 rings (SSSR count). The van der Waals surface area contributed by atoms with E-state index in [0.29, 0.717) is 11.6 Å². The number of anilines is 2. The van der Waals surface area contributed by atoms with Crippen LogP contribution >= 0.6 is 0 Å². The average molecular weight is 248 g/mol. The summed E-state index contributed by atoms with van der Waals surface area (Å²) in [6, 6.07) is 5.06. The van der Waals surface area contributed by atoms with Crippen molar-refractivity contribution in [2.45, 2.75) is 32.2 Å². The second-order valence-electron chi connectivity index (χ2n) is 4.74. The lowest BCUT2D eigenvalue weighted by molar-refractivity contribution is -0.138. The van der Waals surface area contributed by atoms with Gasteiger partial charge in [0, 0.05) is 0 Å². The summed E-state index contributed by atoms with van der Waals surface area (Å²) in [6.07, 6.45) is -0.225. The molecule has 1 aromatic carbocycles. The van der Waals surface area contributed by atoms with E-state index in [0.717, 1.165) is 11.3 Å². The predicted octanol–water partition coefficient (Wildman–Crippen LogP) is 2.02. The lowest BCUT2D eigenvalue weighted by Crippen LogP contribution is -2.40. The van der Waals surface area contributed by atoms with Gasteiger partial charge in [0.1, 0.15) is 6.04 Å². The van der Waals surface area contributed by atoms with Gasteiger partial charge in [0.05, 0.1) is 17.8 Å². The summed E-state index contributed by atoms with van der Waals surface area (Å²) in [5, 5.41) is 14.4. The van der Waals surface area contributed by atoms with E-state index in [9.17, 15) is 9.59 Å². The van der Waals surface area contributed by atoms with Crippen LogP contribution in [0.5, 0.6) is 0 Å². The highest BCUT2D eigenvalue weighted by molar-refractivity contribution is 6.04. The highest BCUT2D eigenvalue weighted by atomic mass is 16.4. The van der Waals surface area contributed by atoms with E-state index < -0.39 is 12.0 Å². The van der Waals surface area contributed by atoms with E-state index in [1.807, 2.05) is 18.2 Å². The van der Waals surface area contributed by atoms with E-state index in [-0.39, 0.29) is 12.3 Å². The number of benzene rings is 1. The monoisotopic (exact) mass is 248 g/mol. The van der Waals surface area contributed by atoms with E-state index >= 15 is 0 Å². The summed E-state index contributed by atoms with van der Waals surface area (Å²) in [5.74, 6) is -0.917. The van der Waals surface area contributed by atoms with Crippen LogP contribution in [-0.4, -0.2) is 23.0 Å². The molecule has 1 unspecified atom stereocenters. The van der Waals surface area contributed by atoms with Crippen molar-refractivity contribution >= 4 is 23.3 Å². The van der Waals surface area contributed by atoms with Crippen LogP contribution < -0.4 is 10.6 Å². The molecule has 1 aliphatic heterocycles. The van der Waals surface area contributed by atoms with E-state index in [2.05, 4.69) is 24.5 Å². The number of carbonyl (C=O) groups is 2. The SMILES string of the molecule is CC(C)c1ccc2c(c1)NC(=O)C(CC(=O)O)N2. The van der Waals surface area contributed by atoms with Crippen molar-refractivity contribution in [1.29, 1.82) is 0 Å². The topological polar surface area (TPSA) is 78.4 Å². The molecule has 18 heavy (non-hydrogen) atoms. The normalized spacial score (nSPS) is 17.9. The second kappa shape index (κ2) is 4.68. The Morgan fingerprint density at radius 3 is 2.72 bits per heavy atom. The van der Waals surface area contributed by atoms with Crippen LogP contribution in [-0.2, 0) is 9.59 Å². The van der Waals surface area contributed by atoms with Gasteiger partial charge < -0.3 is 15.7 Å². The fourth-order valence-corrected chi connectivity index (χ4v) is 1.94. The summed E-state index contributed by atoms with van der Waals surface area (Å²) in [7, 11) is 0. The molecule has 0 bridgehead atoms. The summed E-state index contributed by atoms with van der Waals surface area (Å²) in [4.78, 5) is 22.4. The molecule has 5 nitrogen and oxygen atoms in total. The maximum absolute atomic E-state index is 11.7. The van der Waals surface area contributed by atoms with Crippen LogP contribution in [0.4, 0.5) is 11.4 Å².